The van der Waals surface area contributed by atoms with Crippen molar-refractivity contribution in [2.24, 2.45) is 5.73 Å². The lowest BCUT2D eigenvalue weighted by molar-refractivity contribution is 0.414. The first-order valence-corrected chi connectivity index (χ1v) is 5.29. The van der Waals surface area contributed by atoms with E-state index >= 15 is 0 Å². The van der Waals surface area contributed by atoms with Gasteiger partial charge in [-0.15, -0.1) is 0 Å². The molecule has 1 rings (SSSR count). The molecule has 13 heavy (non-hydrogen) atoms. The van der Waals surface area contributed by atoms with E-state index in [0.29, 0.717) is 0 Å². The Kier molecular flexibility index (Phi) is 3.99. The second-order valence-electron chi connectivity index (χ2n) is 3.14. The van der Waals surface area contributed by atoms with E-state index in [-0.39, 0.29) is 6.04 Å². The molecule has 0 fully saturated rings. The predicted molar refractivity (Wildman–Crippen MR) is 63.1 cm³/mol. The maximum Gasteiger partial charge on any atom is 0.119 e. The first-order valence-electron chi connectivity index (χ1n) is 4.21. The van der Waals surface area contributed by atoms with Crippen molar-refractivity contribution in [3.8, 4) is 5.75 Å². The number of ether oxygens (including phenoxy) is 1. The molecule has 0 aliphatic carbocycles. The van der Waals surface area contributed by atoms with Gasteiger partial charge in [-0.05, 0) is 59.7 Å². The van der Waals surface area contributed by atoms with Crippen LogP contribution in [0.4, 0.5) is 0 Å². The van der Waals surface area contributed by atoms with Crippen molar-refractivity contribution >= 4 is 22.6 Å². The van der Waals surface area contributed by atoms with Gasteiger partial charge in [-0.2, -0.15) is 0 Å². The fourth-order valence-corrected chi connectivity index (χ4v) is 1.74. The highest BCUT2D eigenvalue weighted by Crippen LogP contribution is 2.20. The van der Waals surface area contributed by atoms with Crippen LogP contribution < -0.4 is 10.5 Å². The fourth-order valence-electron chi connectivity index (χ4n) is 1.18. The number of halogens is 1. The summed E-state index contributed by atoms with van der Waals surface area (Å²) in [6, 6.07) is 6.26. The summed E-state index contributed by atoms with van der Waals surface area (Å²) in [7, 11) is 1.68. The number of benzene rings is 1. The highest BCUT2D eigenvalue weighted by atomic mass is 127. The maximum absolute atomic E-state index is 5.74. The zero-order valence-electron chi connectivity index (χ0n) is 7.88. The summed E-state index contributed by atoms with van der Waals surface area (Å²) in [5.74, 6) is 0.899. The topological polar surface area (TPSA) is 35.2 Å². The second-order valence-corrected chi connectivity index (χ2v) is 4.30. The number of nitrogens with two attached hydrogens (primary N) is 1. The SMILES string of the molecule is COc1ccc(I)c(CC(C)N)c1. The van der Waals surface area contributed by atoms with Crippen LogP contribution in [0.2, 0.25) is 0 Å². The Labute approximate surface area is 92.6 Å². The van der Waals surface area contributed by atoms with Crippen molar-refractivity contribution < 1.29 is 4.74 Å². The molecule has 0 aromatic heterocycles. The van der Waals surface area contributed by atoms with Gasteiger partial charge >= 0.3 is 0 Å². The molecule has 1 aromatic carbocycles. The average Bonchev–Trinajstić information content (AvgIpc) is 2.08. The Morgan fingerprint density at radius 1 is 1.54 bits per heavy atom. The molecule has 0 spiro atoms. The molecule has 0 amide bonds. The van der Waals surface area contributed by atoms with Crippen molar-refractivity contribution in [2.45, 2.75) is 19.4 Å². The lowest BCUT2D eigenvalue weighted by atomic mass is 10.1. The van der Waals surface area contributed by atoms with E-state index in [4.69, 9.17) is 10.5 Å². The zero-order chi connectivity index (χ0) is 9.84. The Morgan fingerprint density at radius 3 is 2.77 bits per heavy atom. The van der Waals surface area contributed by atoms with Gasteiger partial charge in [0.25, 0.3) is 0 Å². The van der Waals surface area contributed by atoms with Crippen molar-refractivity contribution in [2.75, 3.05) is 7.11 Å². The molecule has 0 bridgehead atoms. The molecule has 2 N–H and O–H groups in total. The van der Waals surface area contributed by atoms with Gasteiger partial charge in [-0.25, -0.2) is 0 Å². The minimum Gasteiger partial charge on any atom is -0.497 e. The third kappa shape index (κ3) is 3.15. The van der Waals surface area contributed by atoms with Gasteiger partial charge < -0.3 is 10.5 Å². The molecular weight excluding hydrogens is 277 g/mol. The van der Waals surface area contributed by atoms with Crippen LogP contribution in [0, 0.1) is 3.57 Å². The summed E-state index contributed by atoms with van der Waals surface area (Å²) in [5, 5.41) is 0. The molecule has 2 nitrogen and oxygen atoms in total. The molecule has 1 aromatic rings. The van der Waals surface area contributed by atoms with Crippen molar-refractivity contribution in [1.82, 2.24) is 0 Å². The summed E-state index contributed by atoms with van der Waals surface area (Å²) in [6.07, 6.45) is 0.898. The highest BCUT2D eigenvalue weighted by molar-refractivity contribution is 14.1. The lowest BCUT2D eigenvalue weighted by Crippen LogP contribution is -2.18. The Bertz CT molecular complexity index is 286. The number of rotatable bonds is 3. The van der Waals surface area contributed by atoms with E-state index in [9.17, 15) is 0 Å². The van der Waals surface area contributed by atoms with Crippen molar-refractivity contribution in [3.63, 3.8) is 0 Å². The minimum absolute atomic E-state index is 0.195. The molecule has 72 valence electrons. The Morgan fingerprint density at radius 2 is 2.23 bits per heavy atom. The molecule has 0 aliphatic heterocycles. The zero-order valence-corrected chi connectivity index (χ0v) is 10.0. The third-order valence-electron chi connectivity index (χ3n) is 1.79. The van der Waals surface area contributed by atoms with Crippen LogP contribution in [0.1, 0.15) is 12.5 Å². The summed E-state index contributed by atoms with van der Waals surface area (Å²) in [5.41, 5.74) is 7.00. The van der Waals surface area contributed by atoms with Gasteiger partial charge in [0.1, 0.15) is 5.75 Å². The molecule has 0 saturated heterocycles. The Hall–Kier alpha value is -0.290. The second kappa shape index (κ2) is 4.81. The quantitative estimate of drug-likeness (QED) is 0.866. The standard InChI is InChI=1S/C10H14INO/c1-7(12)5-8-6-9(13-2)3-4-10(8)11/h3-4,6-7H,5,12H2,1-2H3. The van der Waals surface area contributed by atoms with Gasteiger partial charge in [0, 0.05) is 9.61 Å². The smallest absolute Gasteiger partial charge is 0.119 e. The van der Waals surface area contributed by atoms with Gasteiger partial charge in [0.15, 0.2) is 0 Å². The molecule has 3 heteroatoms. The summed E-state index contributed by atoms with van der Waals surface area (Å²) < 4.78 is 6.39. The van der Waals surface area contributed by atoms with Gasteiger partial charge in [-0.1, -0.05) is 0 Å². The maximum atomic E-state index is 5.74. The lowest BCUT2D eigenvalue weighted by Gasteiger charge is -2.09. The van der Waals surface area contributed by atoms with E-state index in [0.717, 1.165) is 12.2 Å². The predicted octanol–water partition coefficient (Wildman–Crippen LogP) is 2.19. The third-order valence-corrected chi connectivity index (χ3v) is 2.85. The molecule has 1 atom stereocenters. The monoisotopic (exact) mass is 291 g/mol. The average molecular weight is 291 g/mol. The first kappa shape index (κ1) is 10.8. The van der Waals surface area contributed by atoms with E-state index in [1.165, 1.54) is 9.13 Å². The fraction of sp³-hybridized carbons (Fsp3) is 0.400. The number of methoxy groups -OCH3 is 1. The summed E-state index contributed by atoms with van der Waals surface area (Å²) >= 11 is 2.32. The van der Waals surface area contributed by atoms with Gasteiger partial charge in [-0.3, -0.25) is 0 Å². The molecule has 0 radical (unpaired) electrons. The van der Waals surface area contributed by atoms with Crippen LogP contribution in [0.5, 0.6) is 5.75 Å². The van der Waals surface area contributed by atoms with Crippen LogP contribution in [-0.2, 0) is 6.42 Å². The molecule has 0 heterocycles. The van der Waals surface area contributed by atoms with E-state index in [2.05, 4.69) is 28.7 Å². The van der Waals surface area contributed by atoms with E-state index < -0.39 is 0 Å². The molecule has 1 unspecified atom stereocenters. The highest BCUT2D eigenvalue weighted by Gasteiger charge is 2.04. The van der Waals surface area contributed by atoms with E-state index in [1.54, 1.807) is 7.11 Å². The van der Waals surface area contributed by atoms with Crippen LogP contribution in [0.3, 0.4) is 0 Å². The Balaban J connectivity index is 2.90. The van der Waals surface area contributed by atoms with Crippen LogP contribution in [0.15, 0.2) is 18.2 Å². The van der Waals surface area contributed by atoms with Crippen molar-refractivity contribution in [3.05, 3.63) is 27.3 Å². The van der Waals surface area contributed by atoms with Crippen LogP contribution >= 0.6 is 22.6 Å². The van der Waals surface area contributed by atoms with Crippen LogP contribution in [0.25, 0.3) is 0 Å². The minimum atomic E-state index is 0.195. The number of hydrogen-bond donors (Lipinski definition) is 1. The molecule has 0 saturated carbocycles. The van der Waals surface area contributed by atoms with Crippen molar-refractivity contribution in [1.29, 1.82) is 0 Å². The van der Waals surface area contributed by atoms with Crippen LogP contribution in [-0.4, -0.2) is 13.2 Å². The first-order chi connectivity index (χ1) is 6.13. The number of hydrogen-bond acceptors (Lipinski definition) is 2. The summed E-state index contributed by atoms with van der Waals surface area (Å²) in [4.78, 5) is 0. The molecular formula is C10H14INO. The van der Waals surface area contributed by atoms with Gasteiger partial charge in [0.2, 0.25) is 0 Å². The van der Waals surface area contributed by atoms with E-state index in [1.807, 2.05) is 19.1 Å². The molecule has 0 aliphatic rings. The normalized spacial score (nSPS) is 12.6. The largest absolute Gasteiger partial charge is 0.497 e. The summed E-state index contributed by atoms with van der Waals surface area (Å²) in [6.45, 7) is 2.01. The van der Waals surface area contributed by atoms with Gasteiger partial charge in [0.05, 0.1) is 7.11 Å².